The third kappa shape index (κ3) is 5.76. The van der Waals surface area contributed by atoms with Crippen LogP contribution in [0.2, 0.25) is 0 Å². The van der Waals surface area contributed by atoms with Crippen molar-refractivity contribution in [1.29, 1.82) is 0 Å². The molecule has 2 aromatic carbocycles. The summed E-state index contributed by atoms with van der Waals surface area (Å²) < 4.78 is 32.8. The largest absolute Gasteiger partial charge is 0.416 e. The van der Waals surface area contributed by atoms with Crippen molar-refractivity contribution in [3.05, 3.63) is 66.1 Å². The van der Waals surface area contributed by atoms with Gasteiger partial charge >= 0.3 is 0 Å². The number of hydrogen-bond acceptors (Lipinski definition) is 7. The minimum Gasteiger partial charge on any atom is -0.416 e. The molecule has 1 N–H and O–H groups in total. The van der Waals surface area contributed by atoms with E-state index < -0.39 is 10.0 Å². The van der Waals surface area contributed by atoms with Crippen LogP contribution in [-0.4, -0.2) is 47.7 Å². The smallest absolute Gasteiger partial charge is 0.277 e. The number of nitrogens with zero attached hydrogens (tertiary/aromatic N) is 3. The summed E-state index contributed by atoms with van der Waals surface area (Å²) in [6.07, 6.45) is 3.32. The number of piperidine rings is 1. The normalized spacial score (nSPS) is 14.9. The van der Waals surface area contributed by atoms with E-state index in [1.165, 1.54) is 10.4 Å². The Morgan fingerprint density at radius 1 is 1.03 bits per heavy atom. The topological polar surface area (TPSA) is 105 Å². The number of anilines is 1. The lowest BCUT2D eigenvalue weighted by molar-refractivity contribution is -0.113. The molecule has 32 heavy (non-hydrogen) atoms. The molecule has 1 amide bonds. The van der Waals surface area contributed by atoms with Gasteiger partial charge < -0.3 is 9.73 Å². The molecule has 0 unspecified atom stereocenters. The Bertz CT molecular complexity index is 1160. The fraction of sp³-hybridized carbons (Fsp3) is 0.318. The van der Waals surface area contributed by atoms with Crippen LogP contribution in [0.3, 0.4) is 0 Å². The van der Waals surface area contributed by atoms with Gasteiger partial charge in [0.1, 0.15) is 0 Å². The van der Waals surface area contributed by atoms with Crippen LogP contribution in [0.5, 0.6) is 0 Å². The van der Waals surface area contributed by atoms with Crippen LogP contribution in [0.15, 0.2) is 69.1 Å². The first-order chi connectivity index (χ1) is 15.5. The van der Waals surface area contributed by atoms with Gasteiger partial charge in [-0.05, 0) is 36.6 Å². The summed E-state index contributed by atoms with van der Waals surface area (Å²) in [6, 6.07) is 16.1. The molecular formula is C22H24N4O4S2. The Kier molecular flexibility index (Phi) is 7.23. The molecule has 4 rings (SSSR count). The van der Waals surface area contributed by atoms with E-state index in [0.29, 0.717) is 36.3 Å². The molecule has 168 valence electrons. The van der Waals surface area contributed by atoms with Crippen molar-refractivity contribution in [2.24, 2.45) is 0 Å². The van der Waals surface area contributed by atoms with Crippen molar-refractivity contribution in [1.82, 2.24) is 14.5 Å². The third-order valence-electron chi connectivity index (χ3n) is 5.04. The zero-order chi connectivity index (χ0) is 22.4. The number of aromatic nitrogens is 2. The van der Waals surface area contributed by atoms with Crippen LogP contribution in [0.4, 0.5) is 5.69 Å². The number of thioether (sulfide) groups is 1. The van der Waals surface area contributed by atoms with Crippen molar-refractivity contribution in [2.45, 2.75) is 35.8 Å². The molecule has 0 saturated carbocycles. The van der Waals surface area contributed by atoms with Gasteiger partial charge in [0.15, 0.2) is 0 Å². The predicted octanol–water partition coefficient (Wildman–Crippen LogP) is 3.57. The molecule has 8 nitrogen and oxygen atoms in total. The zero-order valence-corrected chi connectivity index (χ0v) is 19.1. The highest BCUT2D eigenvalue weighted by Gasteiger charge is 2.26. The maximum atomic E-state index is 12.9. The van der Waals surface area contributed by atoms with Crippen LogP contribution in [0.25, 0.3) is 0 Å². The highest BCUT2D eigenvalue weighted by Crippen LogP contribution is 2.23. The molecule has 1 aromatic heterocycles. The van der Waals surface area contributed by atoms with E-state index in [0.717, 1.165) is 36.6 Å². The van der Waals surface area contributed by atoms with Crippen LogP contribution < -0.4 is 5.32 Å². The number of amides is 1. The monoisotopic (exact) mass is 472 g/mol. The quantitative estimate of drug-likeness (QED) is 0.500. The number of benzene rings is 2. The zero-order valence-electron chi connectivity index (χ0n) is 17.4. The molecule has 0 atom stereocenters. The first-order valence-corrected chi connectivity index (χ1v) is 12.8. The Hall–Kier alpha value is -2.69. The molecular weight excluding hydrogens is 448 g/mol. The van der Waals surface area contributed by atoms with Crippen molar-refractivity contribution in [3.63, 3.8) is 0 Å². The molecule has 1 aliphatic rings. The molecule has 0 radical (unpaired) electrons. The minimum atomic E-state index is -3.56. The van der Waals surface area contributed by atoms with E-state index in [1.807, 2.05) is 30.3 Å². The number of nitrogens with one attached hydrogen (secondary N) is 1. The molecule has 0 spiro atoms. The average Bonchev–Trinajstić information content (AvgIpc) is 3.26. The molecule has 0 aliphatic carbocycles. The van der Waals surface area contributed by atoms with E-state index in [-0.39, 0.29) is 16.6 Å². The second kappa shape index (κ2) is 10.3. The lowest BCUT2D eigenvalue weighted by Crippen LogP contribution is -2.35. The summed E-state index contributed by atoms with van der Waals surface area (Å²) in [7, 11) is -3.56. The number of rotatable bonds is 8. The lowest BCUT2D eigenvalue weighted by Gasteiger charge is -2.26. The number of sulfonamides is 1. The van der Waals surface area contributed by atoms with Crippen molar-refractivity contribution in [2.75, 3.05) is 24.2 Å². The summed E-state index contributed by atoms with van der Waals surface area (Å²) in [4.78, 5) is 12.6. The van der Waals surface area contributed by atoms with Crippen LogP contribution in [0.1, 0.15) is 30.7 Å². The lowest BCUT2D eigenvalue weighted by atomic mass is 10.2. The molecule has 1 aliphatic heterocycles. The summed E-state index contributed by atoms with van der Waals surface area (Å²) in [6.45, 7) is 1.07. The van der Waals surface area contributed by atoms with Gasteiger partial charge in [-0.15, -0.1) is 10.2 Å². The Morgan fingerprint density at radius 3 is 2.59 bits per heavy atom. The van der Waals surface area contributed by atoms with Crippen molar-refractivity contribution >= 4 is 33.4 Å². The maximum Gasteiger partial charge on any atom is 0.277 e. The van der Waals surface area contributed by atoms with Crippen LogP contribution in [0, 0.1) is 0 Å². The van der Waals surface area contributed by atoms with E-state index in [1.54, 1.807) is 18.2 Å². The molecule has 2 heterocycles. The van der Waals surface area contributed by atoms with Gasteiger partial charge in [0, 0.05) is 18.8 Å². The maximum absolute atomic E-state index is 12.9. The number of carbonyl (C=O) groups is 1. The fourth-order valence-electron chi connectivity index (χ4n) is 3.45. The standard InChI is InChI=1S/C22H24N4O4S2/c27-20(16-31-22-25-24-21(30-22)14-17-8-3-1-4-9-17)23-18-10-7-11-19(15-18)32(28,29)26-12-5-2-6-13-26/h1,3-4,7-11,15H,2,5-6,12-14,16H2,(H,23,27). The van der Waals surface area contributed by atoms with Crippen LogP contribution >= 0.6 is 11.8 Å². The fourth-order valence-corrected chi connectivity index (χ4v) is 5.60. The summed E-state index contributed by atoms with van der Waals surface area (Å²) >= 11 is 1.13. The molecule has 1 saturated heterocycles. The van der Waals surface area contributed by atoms with E-state index in [2.05, 4.69) is 15.5 Å². The van der Waals surface area contributed by atoms with Gasteiger partial charge in [-0.2, -0.15) is 4.31 Å². The Labute approximate surface area is 191 Å². The van der Waals surface area contributed by atoms with Gasteiger partial charge in [-0.1, -0.05) is 54.6 Å². The number of carbonyl (C=O) groups excluding carboxylic acids is 1. The van der Waals surface area contributed by atoms with E-state index in [4.69, 9.17) is 4.42 Å². The highest BCUT2D eigenvalue weighted by atomic mass is 32.2. The average molecular weight is 473 g/mol. The predicted molar refractivity (Wildman–Crippen MR) is 122 cm³/mol. The molecule has 0 bridgehead atoms. The van der Waals surface area contributed by atoms with Gasteiger partial charge in [0.2, 0.25) is 21.8 Å². The van der Waals surface area contributed by atoms with E-state index >= 15 is 0 Å². The third-order valence-corrected chi connectivity index (χ3v) is 7.76. The van der Waals surface area contributed by atoms with E-state index in [9.17, 15) is 13.2 Å². The van der Waals surface area contributed by atoms with Gasteiger partial charge in [0.05, 0.1) is 17.1 Å². The second-order valence-electron chi connectivity index (χ2n) is 7.45. The first kappa shape index (κ1) is 22.5. The minimum absolute atomic E-state index is 0.0655. The molecule has 3 aromatic rings. The van der Waals surface area contributed by atoms with Gasteiger partial charge in [-0.3, -0.25) is 4.79 Å². The second-order valence-corrected chi connectivity index (χ2v) is 10.3. The Morgan fingerprint density at radius 2 is 1.81 bits per heavy atom. The SMILES string of the molecule is O=C(CSc1nnc(Cc2ccccc2)o1)Nc1cccc(S(=O)(=O)N2CCCCC2)c1. The Balaban J connectivity index is 1.32. The summed E-state index contributed by atoms with van der Waals surface area (Å²) in [5.41, 5.74) is 1.49. The van der Waals surface area contributed by atoms with Gasteiger partial charge in [0.25, 0.3) is 5.22 Å². The highest BCUT2D eigenvalue weighted by molar-refractivity contribution is 7.99. The number of hydrogen-bond donors (Lipinski definition) is 1. The van der Waals surface area contributed by atoms with Crippen molar-refractivity contribution < 1.29 is 17.6 Å². The van der Waals surface area contributed by atoms with Crippen LogP contribution in [-0.2, 0) is 21.2 Å². The summed E-state index contributed by atoms with van der Waals surface area (Å²) in [5, 5.41) is 11.0. The molecule has 10 heteroatoms. The first-order valence-electron chi connectivity index (χ1n) is 10.4. The van der Waals surface area contributed by atoms with Gasteiger partial charge in [-0.25, -0.2) is 8.42 Å². The van der Waals surface area contributed by atoms with Crippen molar-refractivity contribution in [3.8, 4) is 0 Å². The molecule has 1 fully saturated rings. The summed E-state index contributed by atoms with van der Waals surface area (Å²) in [5.74, 6) is 0.260.